The molecule has 0 aliphatic rings. The van der Waals surface area contributed by atoms with Crippen LogP contribution in [0, 0.1) is 5.41 Å². The Morgan fingerprint density at radius 2 is 2.10 bits per heavy atom. The predicted octanol–water partition coefficient (Wildman–Crippen LogP) is 2.74. The summed E-state index contributed by atoms with van der Waals surface area (Å²) in [6.45, 7) is 0. The highest BCUT2D eigenvalue weighted by Crippen LogP contribution is 2.30. The summed E-state index contributed by atoms with van der Waals surface area (Å²) in [7, 11) is 1.78. The van der Waals surface area contributed by atoms with Crippen LogP contribution >= 0.6 is 11.3 Å². The van der Waals surface area contributed by atoms with E-state index in [1.54, 1.807) is 23.7 Å². The number of thiazole rings is 1. The van der Waals surface area contributed by atoms with E-state index in [1.165, 1.54) is 17.6 Å². The molecule has 0 unspecified atom stereocenters. The van der Waals surface area contributed by atoms with Gasteiger partial charge in [0.15, 0.2) is 11.9 Å². The van der Waals surface area contributed by atoms with E-state index in [0.29, 0.717) is 17.7 Å². The van der Waals surface area contributed by atoms with Crippen LogP contribution in [0.25, 0.3) is 10.3 Å². The number of benzene rings is 1. The standard InChI is InChI=1S/C15H13N3O2S/c1-18-12(8-19)11(7-16)14-15(18)17-13(21-14)6-9-2-4-10(20)5-3-9/h2-5,7-8,16,20H,6H2,1H3. The molecule has 0 radical (unpaired) electrons. The minimum Gasteiger partial charge on any atom is -0.508 e. The molecule has 0 atom stereocenters. The summed E-state index contributed by atoms with van der Waals surface area (Å²) in [5.74, 6) is 0.241. The summed E-state index contributed by atoms with van der Waals surface area (Å²) in [5.41, 5.74) is 2.89. The van der Waals surface area contributed by atoms with E-state index in [4.69, 9.17) is 5.41 Å². The lowest BCUT2D eigenvalue weighted by atomic mass is 10.1. The number of phenols is 1. The van der Waals surface area contributed by atoms with Crippen LogP contribution in [0.4, 0.5) is 0 Å². The Kier molecular flexibility index (Phi) is 3.31. The van der Waals surface area contributed by atoms with Crippen molar-refractivity contribution in [3.63, 3.8) is 0 Å². The molecule has 3 aromatic rings. The van der Waals surface area contributed by atoms with Gasteiger partial charge >= 0.3 is 0 Å². The van der Waals surface area contributed by atoms with E-state index >= 15 is 0 Å². The highest BCUT2D eigenvalue weighted by molar-refractivity contribution is 7.19. The molecule has 3 rings (SSSR count). The fraction of sp³-hybridized carbons (Fsp3) is 0.133. The van der Waals surface area contributed by atoms with Crippen LogP contribution in [0.5, 0.6) is 5.75 Å². The molecule has 0 saturated heterocycles. The maximum atomic E-state index is 11.1. The first-order valence-corrected chi connectivity index (χ1v) is 7.17. The summed E-state index contributed by atoms with van der Waals surface area (Å²) in [6.07, 6.45) is 2.62. The van der Waals surface area contributed by atoms with E-state index < -0.39 is 0 Å². The Balaban J connectivity index is 2.03. The zero-order chi connectivity index (χ0) is 15.0. The lowest BCUT2D eigenvalue weighted by molar-refractivity contribution is 0.111. The summed E-state index contributed by atoms with van der Waals surface area (Å²) < 4.78 is 2.59. The van der Waals surface area contributed by atoms with Gasteiger partial charge in [0.05, 0.1) is 10.4 Å². The minimum absolute atomic E-state index is 0.241. The number of nitrogens with zero attached hydrogens (tertiary/aromatic N) is 2. The van der Waals surface area contributed by atoms with Crippen molar-refractivity contribution in [3.8, 4) is 5.75 Å². The van der Waals surface area contributed by atoms with Gasteiger partial charge in [-0.1, -0.05) is 12.1 Å². The molecule has 0 spiro atoms. The number of aldehydes is 1. The Morgan fingerprint density at radius 3 is 2.71 bits per heavy atom. The molecular formula is C15H13N3O2S. The molecule has 0 saturated carbocycles. The molecule has 6 heteroatoms. The minimum atomic E-state index is 0.241. The van der Waals surface area contributed by atoms with Crippen molar-refractivity contribution in [1.82, 2.24) is 9.55 Å². The number of nitrogens with one attached hydrogen (secondary N) is 1. The van der Waals surface area contributed by atoms with Gasteiger partial charge in [-0.2, -0.15) is 0 Å². The number of rotatable bonds is 4. The van der Waals surface area contributed by atoms with E-state index in [2.05, 4.69) is 4.98 Å². The van der Waals surface area contributed by atoms with Crippen LogP contribution < -0.4 is 0 Å². The highest BCUT2D eigenvalue weighted by atomic mass is 32.1. The molecule has 106 valence electrons. The third kappa shape index (κ3) is 2.23. The van der Waals surface area contributed by atoms with Crippen molar-refractivity contribution in [2.45, 2.75) is 6.42 Å². The predicted molar refractivity (Wildman–Crippen MR) is 82.8 cm³/mol. The normalized spacial score (nSPS) is 10.9. The molecule has 1 aromatic carbocycles. The monoisotopic (exact) mass is 299 g/mol. The first-order chi connectivity index (χ1) is 10.1. The molecule has 0 fully saturated rings. The summed E-state index contributed by atoms with van der Waals surface area (Å²) >= 11 is 1.49. The maximum Gasteiger partial charge on any atom is 0.167 e. The molecule has 2 heterocycles. The van der Waals surface area contributed by atoms with Crippen molar-refractivity contribution >= 4 is 34.2 Å². The summed E-state index contributed by atoms with van der Waals surface area (Å²) in [5, 5.41) is 17.7. The summed E-state index contributed by atoms with van der Waals surface area (Å²) in [6, 6.07) is 7.01. The number of aromatic nitrogens is 2. The number of carbonyl (C=O) groups excluding carboxylic acids is 1. The topological polar surface area (TPSA) is 79.0 Å². The van der Waals surface area contributed by atoms with Gasteiger partial charge in [0.25, 0.3) is 0 Å². The quantitative estimate of drug-likeness (QED) is 0.574. The SMILES string of the molecule is Cn1c(C=O)c(C=N)c2sc(Cc3ccc(O)cc3)nc21. The van der Waals surface area contributed by atoms with Gasteiger partial charge in [0.1, 0.15) is 10.8 Å². The van der Waals surface area contributed by atoms with E-state index in [9.17, 15) is 9.90 Å². The number of aryl methyl sites for hydroxylation is 1. The van der Waals surface area contributed by atoms with Gasteiger partial charge in [-0.3, -0.25) is 4.79 Å². The van der Waals surface area contributed by atoms with Crippen LogP contribution in [-0.4, -0.2) is 27.2 Å². The Labute approximate surface area is 125 Å². The van der Waals surface area contributed by atoms with Crippen molar-refractivity contribution in [2.75, 3.05) is 0 Å². The van der Waals surface area contributed by atoms with Crippen LogP contribution in [0.15, 0.2) is 24.3 Å². The van der Waals surface area contributed by atoms with E-state index in [1.807, 2.05) is 12.1 Å². The second-order valence-corrected chi connectivity index (χ2v) is 5.81. The molecular weight excluding hydrogens is 286 g/mol. The lowest BCUT2D eigenvalue weighted by Crippen LogP contribution is -1.98. The van der Waals surface area contributed by atoms with Gasteiger partial charge in [0, 0.05) is 25.2 Å². The first kappa shape index (κ1) is 13.5. The first-order valence-electron chi connectivity index (χ1n) is 6.35. The van der Waals surface area contributed by atoms with Crippen molar-refractivity contribution in [2.24, 2.45) is 7.05 Å². The van der Waals surface area contributed by atoms with Gasteiger partial charge in [-0.25, -0.2) is 4.98 Å². The third-order valence-corrected chi connectivity index (χ3v) is 4.48. The highest BCUT2D eigenvalue weighted by Gasteiger charge is 2.17. The smallest absolute Gasteiger partial charge is 0.167 e. The largest absolute Gasteiger partial charge is 0.508 e. The van der Waals surface area contributed by atoms with Crippen LogP contribution in [0.2, 0.25) is 0 Å². The van der Waals surface area contributed by atoms with Gasteiger partial charge in [0.2, 0.25) is 0 Å². The average Bonchev–Trinajstić information content (AvgIpc) is 2.99. The molecule has 2 N–H and O–H groups in total. The lowest BCUT2D eigenvalue weighted by Gasteiger charge is -1.99. The van der Waals surface area contributed by atoms with Crippen molar-refractivity contribution in [3.05, 3.63) is 46.1 Å². The number of carbonyl (C=O) groups is 1. The summed E-state index contributed by atoms with van der Waals surface area (Å²) in [4.78, 5) is 15.7. The van der Waals surface area contributed by atoms with Crippen LogP contribution in [-0.2, 0) is 13.5 Å². The van der Waals surface area contributed by atoms with Crippen molar-refractivity contribution in [1.29, 1.82) is 5.41 Å². The molecule has 0 aliphatic heterocycles. The van der Waals surface area contributed by atoms with Gasteiger partial charge in [-0.15, -0.1) is 11.3 Å². The van der Waals surface area contributed by atoms with Crippen LogP contribution in [0.1, 0.15) is 26.6 Å². The number of hydrogen-bond donors (Lipinski definition) is 2. The van der Waals surface area contributed by atoms with Crippen LogP contribution in [0.3, 0.4) is 0 Å². The fourth-order valence-corrected chi connectivity index (χ4v) is 3.47. The van der Waals surface area contributed by atoms with Gasteiger partial charge in [-0.05, 0) is 17.7 Å². The average molecular weight is 299 g/mol. The Bertz CT molecular complexity index is 831. The van der Waals surface area contributed by atoms with E-state index in [-0.39, 0.29) is 5.75 Å². The van der Waals surface area contributed by atoms with Crippen molar-refractivity contribution < 1.29 is 9.90 Å². The molecule has 0 amide bonds. The molecule has 2 aromatic heterocycles. The molecule has 21 heavy (non-hydrogen) atoms. The zero-order valence-corrected chi connectivity index (χ0v) is 12.1. The Morgan fingerprint density at radius 1 is 1.38 bits per heavy atom. The van der Waals surface area contributed by atoms with E-state index in [0.717, 1.165) is 27.2 Å². The molecule has 0 bridgehead atoms. The third-order valence-electron chi connectivity index (χ3n) is 3.40. The Hall–Kier alpha value is -2.47. The number of phenolic OH excluding ortho intramolecular Hbond substituents is 1. The molecule has 5 nitrogen and oxygen atoms in total. The zero-order valence-electron chi connectivity index (χ0n) is 11.3. The fourth-order valence-electron chi connectivity index (χ4n) is 2.32. The maximum absolute atomic E-state index is 11.1. The number of hydrogen-bond acceptors (Lipinski definition) is 5. The molecule has 0 aliphatic carbocycles. The van der Waals surface area contributed by atoms with Gasteiger partial charge < -0.3 is 15.1 Å². The number of fused-ring (bicyclic) bond motifs is 1. The second kappa shape index (κ2) is 5.14. The number of aromatic hydroxyl groups is 1. The second-order valence-electron chi connectivity index (χ2n) is 4.72.